The molecule has 0 bridgehead atoms. The van der Waals surface area contributed by atoms with Crippen molar-refractivity contribution >= 4 is 0 Å². The number of rotatable bonds is 7. The van der Waals surface area contributed by atoms with Gasteiger partial charge in [0.2, 0.25) is 0 Å². The van der Waals surface area contributed by atoms with Gasteiger partial charge < -0.3 is 10.1 Å². The van der Waals surface area contributed by atoms with Gasteiger partial charge in [-0.15, -0.1) is 0 Å². The van der Waals surface area contributed by atoms with E-state index in [1.165, 1.54) is 12.8 Å². The summed E-state index contributed by atoms with van der Waals surface area (Å²) in [5.41, 5.74) is 0.249. The van der Waals surface area contributed by atoms with Crippen LogP contribution in [0.3, 0.4) is 0 Å². The molecule has 3 nitrogen and oxygen atoms in total. The first-order valence-corrected chi connectivity index (χ1v) is 7.01. The van der Waals surface area contributed by atoms with E-state index in [9.17, 15) is 0 Å². The summed E-state index contributed by atoms with van der Waals surface area (Å²) < 4.78 is 5.68. The molecule has 2 atom stereocenters. The van der Waals surface area contributed by atoms with Crippen LogP contribution in [0.25, 0.3) is 0 Å². The van der Waals surface area contributed by atoms with E-state index < -0.39 is 0 Å². The van der Waals surface area contributed by atoms with Crippen molar-refractivity contribution in [2.24, 2.45) is 0 Å². The Kier molecular flexibility index (Phi) is 5.90. The fourth-order valence-electron chi connectivity index (χ4n) is 1.99. The average molecular weight is 242 g/mol. The van der Waals surface area contributed by atoms with E-state index in [1.807, 2.05) is 0 Å². The Labute approximate surface area is 107 Å². The summed E-state index contributed by atoms with van der Waals surface area (Å²) in [6.07, 6.45) is 4.08. The van der Waals surface area contributed by atoms with E-state index in [-0.39, 0.29) is 5.54 Å². The fraction of sp³-hybridized carbons (Fsp3) is 1.00. The van der Waals surface area contributed by atoms with Crippen molar-refractivity contribution in [2.45, 2.75) is 64.6 Å². The van der Waals surface area contributed by atoms with Crippen LogP contribution in [0.5, 0.6) is 0 Å². The molecule has 2 unspecified atom stereocenters. The molecule has 3 heteroatoms. The van der Waals surface area contributed by atoms with Crippen LogP contribution >= 0.6 is 0 Å². The predicted octanol–water partition coefficient (Wildman–Crippen LogP) is 2.26. The Hall–Kier alpha value is -0.120. The second-order valence-corrected chi connectivity index (χ2v) is 6.04. The molecule has 1 fully saturated rings. The van der Waals surface area contributed by atoms with E-state index >= 15 is 0 Å². The minimum atomic E-state index is 0.249. The van der Waals surface area contributed by atoms with Gasteiger partial charge in [-0.25, -0.2) is 0 Å². The molecule has 0 aromatic carbocycles. The molecule has 1 aliphatic heterocycles. The van der Waals surface area contributed by atoms with Gasteiger partial charge in [-0.1, -0.05) is 6.92 Å². The summed E-state index contributed by atoms with van der Waals surface area (Å²) in [4.78, 5) is 2.41. The van der Waals surface area contributed by atoms with Crippen LogP contribution in [-0.4, -0.2) is 49.3 Å². The van der Waals surface area contributed by atoms with Gasteiger partial charge in [0.15, 0.2) is 0 Å². The fourth-order valence-corrected chi connectivity index (χ4v) is 1.99. The second-order valence-electron chi connectivity index (χ2n) is 6.04. The van der Waals surface area contributed by atoms with Crippen LogP contribution in [0.4, 0.5) is 0 Å². The van der Waals surface area contributed by atoms with Crippen LogP contribution in [0.1, 0.15) is 47.0 Å². The molecule has 102 valence electrons. The molecule has 0 aromatic heterocycles. The van der Waals surface area contributed by atoms with Crippen LogP contribution in [0.2, 0.25) is 0 Å². The summed E-state index contributed by atoms with van der Waals surface area (Å²) in [5, 5.41) is 3.63. The maximum Gasteiger partial charge on any atom is 0.0702 e. The van der Waals surface area contributed by atoms with Gasteiger partial charge in [0.1, 0.15) is 0 Å². The molecule has 1 saturated heterocycles. The van der Waals surface area contributed by atoms with Gasteiger partial charge in [0, 0.05) is 31.3 Å². The molecule has 0 saturated carbocycles. The quantitative estimate of drug-likeness (QED) is 0.741. The van der Waals surface area contributed by atoms with Gasteiger partial charge in [0.05, 0.1) is 6.10 Å². The molecular formula is C14H30N2O. The maximum atomic E-state index is 5.68. The summed E-state index contributed by atoms with van der Waals surface area (Å²) >= 11 is 0. The van der Waals surface area contributed by atoms with Crippen molar-refractivity contribution in [3.8, 4) is 0 Å². The third kappa shape index (κ3) is 5.36. The van der Waals surface area contributed by atoms with Crippen LogP contribution < -0.4 is 5.32 Å². The normalized spacial score (nSPS) is 23.3. The van der Waals surface area contributed by atoms with Gasteiger partial charge in [-0.2, -0.15) is 0 Å². The number of hydrogen-bond donors (Lipinski definition) is 1. The molecule has 0 spiro atoms. The van der Waals surface area contributed by atoms with E-state index in [2.05, 4.69) is 45.0 Å². The van der Waals surface area contributed by atoms with Gasteiger partial charge in [-0.3, -0.25) is 4.90 Å². The number of ether oxygens (including phenoxy) is 1. The smallest absolute Gasteiger partial charge is 0.0702 e. The largest absolute Gasteiger partial charge is 0.377 e. The van der Waals surface area contributed by atoms with Crippen molar-refractivity contribution in [3.05, 3.63) is 0 Å². The zero-order valence-corrected chi connectivity index (χ0v) is 12.3. The zero-order chi connectivity index (χ0) is 12.9. The summed E-state index contributed by atoms with van der Waals surface area (Å²) in [6.45, 7) is 12.1. The Bertz CT molecular complexity index is 212. The van der Waals surface area contributed by atoms with Crippen molar-refractivity contribution in [1.29, 1.82) is 0 Å². The van der Waals surface area contributed by atoms with E-state index in [4.69, 9.17) is 4.74 Å². The van der Waals surface area contributed by atoms with Crippen LogP contribution in [0.15, 0.2) is 0 Å². The second kappa shape index (κ2) is 6.72. The van der Waals surface area contributed by atoms with E-state index in [0.717, 1.165) is 26.1 Å². The molecule has 1 aliphatic rings. The number of nitrogens with zero attached hydrogens (tertiary/aromatic N) is 1. The highest BCUT2D eigenvalue weighted by Gasteiger charge is 2.21. The summed E-state index contributed by atoms with van der Waals surface area (Å²) in [6, 6.07) is 0.560. The Morgan fingerprint density at radius 2 is 2.18 bits per heavy atom. The van der Waals surface area contributed by atoms with Crippen molar-refractivity contribution in [1.82, 2.24) is 10.2 Å². The average Bonchev–Trinajstić information content (AvgIpc) is 2.78. The molecule has 17 heavy (non-hydrogen) atoms. The highest BCUT2D eigenvalue weighted by atomic mass is 16.5. The SMILES string of the molecule is CCC(C)(C)NCC(C)N(C)CC1CCCO1. The molecule has 0 aromatic rings. The molecular weight excluding hydrogens is 212 g/mol. The lowest BCUT2D eigenvalue weighted by molar-refractivity contribution is 0.0692. The Balaban J connectivity index is 2.23. The highest BCUT2D eigenvalue weighted by Crippen LogP contribution is 2.14. The van der Waals surface area contributed by atoms with Gasteiger partial charge >= 0.3 is 0 Å². The Morgan fingerprint density at radius 1 is 1.47 bits per heavy atom. The molecule has 1 rings (SSSR count). The first-order chi connectivity index (χ1) is 7.94. The Morgan fingerprint density at radius 3 is 2.71 bits per heavy atom. The summed E-state index contributed by atoms with van der Waals surface area (Å²) in [7, 11) is 2.20. The molecule has 1 heterocycles. The lowest BCUT2D eigenvalue weighted by Crippen LogP contribution is -2.47. The van der Waals surface area contributed by atoms with Crippen molar-refractivity contribution in [3.63, 3.8) is 0 Å². The zero-order valence-electron chi connectivity index (χ0n) is 12.3. The first-order valence-electron chi connectivity index (χ1n) is 7.01. The molecule has 1 N–H and O–H groups in total. The predicted molar refractivity (Wildman–Crippen MR) is 73.4 cm³/mol. The van der Waals surface area contributed by atoms with Gasteiger partial charge in [0.25, 0.3) is 0 Å². The van der Waals surface area contributed by atoms with Crippen molar-refractivity contribution < 1.29 is 4.74 Å². The highest BCUT2D eigenvalue weighted by molar-refractivity contribution is 4.79. The monoisotopic (exact) mass is 242 g/mol. The molecule has 0 aliphatic carbocycles. The van der Waals surface area contributed by atoms with Gasteiger partial charge in [-0.05, 0) is 47.1 Å². The topological polar surface area (TPSA) is 24.5 Å². The minimum absolute atomic E-state index is 0.249. The van der Waals surface area contributed by atoms with Crippen molar-refractivity contribution in [2.75, 3.05) is 26.7 Å². The van der Waals surface area contributed by atoms with E-state index in [1.54, 1.807) is 0 Å². The third-order valence-electron chi connectivity index (χ3n) is 4.03. The number of hydrogen-bond acceptors (Lipinski definition) is 3. The van der Waals surface area contributed by atoms with Crippen LogP contribution in [0, 0.1) is 0 Å². The molecule has 0 amide bonds. The lowest BCUT2D eigenvalue weighted by atomic mass is 10.0. The third-order valence-corrected chi connectivity index (χ3v) is 4.03. The lowest BCUT2D eigenvalue weighted by Gasteiger charge is -2.31. The first kappa shape index (κ1) is 14.9. The number of likely N-dealkylation sites (N-methyl/N-ethyl adjacent to an activating group) is 1. The molecule has 0 radical (unpaired) electrons. The maximum absolute atomic E-state index is 5.68. The van der Waals surface area contributed by atoms with E-state index in [0.29, 0.717) is 12.1 Å². The van der Waals surface area contributed by atoms with Crippen LogP contribution in [-0.2, 0) is 4.74 Å². The number of nitrogens with one attached hydrogen (secondary N) is 1. The minimum Gasteiger partial charge on any atom is -0.377 e. The standard InChI is InChI=1S/C14H30N2O/c1-6-14(3,4)15-10-12(2)16(5)11-13-8-7-9-17-13/h12-13,15H,6-11H2,1-5H3. The summed E-state index contributed by atoms with van der Waals surface area (Å²) in [5.74, 6) is 0.